The summed E-state index contributed by atoms with van der Waals surface area (Å²) in [4.78, 5) is 12.5. The lowest BCUT2D eigenvalue weighted by Crippen LogP contribution is -2.46. The summed E-state index contributed by atoms with van der Waals surface area (Å²) in [5.41, 5.74) is 0. The lowest BCUT2D eigenvalue weighted by Gasteiger charge is -2.31. The first-order valence-corrected chi connectivity index (χ1v) is 9.77. The highest BCUT2D eigenvalue weighted by molar-refractivity contribution is 7.89. The van der Waals surface area contributed by atoms with Gasteiger partial charge in [-0.2, -0.15) is 4.31 Å². The molecule has 1 aliphatic rings. The molecule has 1 aliphatic heterocycles. The lowest BCUT2D eigenvalue weighted by molar-refractivity contribution is -0.126. The number of rotatable bonds is 6. The molecule has 1 aromatic carbocycles. The number of hydrogen-bond acceptors (Lipinski definition) is 4. The van der Waals surface area contributed by atoms with E-state index in [1.54, 1.807) is 12.1 Å². The van der Waals surface area contributed by atoms with Crippen molar-refractivity contribution in [2.75, 3.05) is 20.2 Å². The fourth-order valence-electron chi connectivity index (χ4n) is 2.73. The molecule has 1 aromatic rings. The highest BCUT2D eigenvalue weighted by atomic mass is 32.2. The minimum atomic E-state index is -3.59. The number of ether oxygens (including phenoxy) is 1. The average Bonchev–Trinajstić information content (AvgIpc) is 2.61. The van der Waals surface area contributed by atoms with E-state index in [-0.39, 0.29) is 29.3 Å². The zero-order chi connectivity index (χ0) is 17.7. The molecule has 134 valence electrons. The van der Waals surface area contributed by atoms with Gasteiger partial charge in [0.15, 0.2) is 0 Å². The van der Waals surface area contributed by atoms with E-state index in [9.17, 15) is 13.2 Å². The van der Waals surface area contributed by atoms with Crippen molar-refractivity contribution in [2.24, 2.45) is 5.92 Å². The summed E-state index contributed by atoms with van der Waals surface area (Å²) in [6, 6.07) is 6.44. The number of benzene rings is 1. The molecule has 1 amide bonds. The molecule has 0 saturated carbocycles. The predicted octanol–water partition coefficient (Wildman–Crippen LogP) is 2.01. The Morgan fingerprint density at radius 1 is 1.38 bits per heavy atom. The molecule has 6 nitrogen and oxygen atoms in total. The Balaban J connectivity index is 2.11. The predicted molar refractivity (Wildman–Crippen MR) is 92.4 cm³/mol. The fraction of sp³-hybridized carbons (Fsp3) is 0.588. The Bertz CT molecular complexity index is 658. The van der Waals surface area contributed by atoms with Crippen LogP contribution in [0.1, 0.15) is 33.1 Å². The first kappa shape index (κ1) is 18.7. The van der Waals surface area contributed by atoms with Crippen LogP contribution in [0.3, 0.4) is 0 Å². The largest absolute Gasteiger partial charge is 0.497 e. The van der Waals surface area contributed by atoms with Gasteiger partial charge >= 0.3 is 0 Å². The monoisotopic (exact) mass is 354 g/mol. The maximum absolute atomic E-state index is 12.8. The van der Waals surface area contributed by atoms with Crippen molar-refractivity contribution in [2.45, 2.75) is 44.0 Å². The topological polar surface area (TPSA) is 75.7 Å². The van der Waals surface area contributed by atoms with Gasteiger partial charge in [0.25, 0.3) is 0 Å². The highest BCUT2D eigenvalue weighted by Gasteiger charge is 2.33. The van der Waals surface area contributed by atoms with Crippen molar-refractivity contribution in [3.63, 3.8) is 0 Å². The van der Waals surface area contributed by atoms with Gasteiger partial charge in [-0.3, -0.25) is 4.79 Å². The van der Waals surface area contributed by atoms with Gasteiger partial charge in [-0.1, -0.05) is 6.92 Å². The van der Waals surface area contributed by atoms with E-state index >= 15 is 0 Å². The minimum absolute atomic E-state index is 0.0565. The van der Waals surface area contributed by atoms with E-state index in [1.807, 2.05) is 13.8 Å². The van der Waals surface area contributed by atoms with E-state index in [0.29, 0.717) is 18.7 Å². The van der Waals surface area contributed by atoms with E-state index in [4.69, 9.17) is 4.74 Å². The number of methoxy groups -OCH3 is 1. The lowest BCUT2D eigenvalue weighted by atomic mass is 9.98. The smallest absolute Gasteiger partial charge is 0.243 e. The van der Waals surface area contributed by atoms with Crippen LogP contribution in [0.5, 0.6) is 5.75 Å². The standard InChI is InChI=1S/C17H26N2O4S/c1-4-13(2)18-17(20)14-6-5-11-19(12-14)24(21,22)16-9-7-15(23-3)8-10-16/h7-10,13-14H,4-6,11-12H2,1-3H3,(H,18,20)/t13-,14-/m1/s1. The van der Waals surface area contributed by atoms with Crippen molar-refractivity contribution < 1.29 is 17.9 Å². The van der Waals surface area contributed by atoms with Gasteiger partial charge in [-0.15, -0.1) is 0 Å². The van der Waals surface area contributed by atoms with E-state index < -0.39 is 10.0 Å². The van der Waals surface area contributed by atoms with Crippen molar-refractivity contribution in [1.29, 1.82) is 0 Å². The number of carbonyl (C=O) groups is 1. The molecule has 1 saturated heterocycles. The van der Waals surface area contributed by atoms with Gasteiger partial charge in [0.2, 0.25) is 15.9 Å². The van der Waals surface area contributed by atoms with Gasteiger partial charge in [-0.25, -0.2) is 8.42 Å². The second kappa shape index (κ2) is 7.98. The number of amides is 1. The fourth-order valence-corrected chi connectivity index (χ4v) is 4.26. The second-order valence-electron chi connectivity index (χ2n) is 6.20. The summed E-state index contributed by atoms with van der Waals surface area (Å²) in [6.45, 7) is 4.64. The van der Waals surface area contributed by atoms with Gasteiger partial charge < -0.3 is 10.1 Å². The van der Waals surface area contributed by atoms with Gasteiger partial charge in [0.1, 0.15) is 5.75 Å². The van der Waals surface area contributed by atoms with E-state index in [0.717, 1.165) is 12.8 Å². The van der Waals surface area contributed by atoms with Gasteiger partial charge in [0, 0.05) is 19.1 Å². The number of piperidine rings is 1. The van der Waals surface area contributed by atoms with Crippen LogP contribution in [0, 0.1) is 5.92 Å². The summed E-state index contributed by atoms with van der Waals surface area (Å²) in [5, 5.41) is 2.95. The van der Waals surface area contributed by atoms with Crippen molar-refractivity contribution in [3.05, 3.63) is 24.3 Å². The molecule has 0 radical (unpaired) electrons. The minimum Gasteiger partial charge on any atom is -0.497 e. The van der Waals surface area contributed by atoms with Crippen LogP contribution in [0.2, 0.25) is 0 Å². The third-order valence-electron chi connectivity index (χ3n) is 4.45. The molecule has 0 aromatic heterocycles. The maximum Gasteiger partial charge on any atom is 0.243 e. The first-order chi connectivity index (χ1) is 11.4. The van der Waals surface area contributed by atoms with Crippen molar-refractivity contribution >= 4 is 15.9 Å². The third-order valence-corrected chi connectivity index (χ3v) is 6.33. The molecule has 7 heteroatoms. The summed E-state index contributed by atoms with van der Waals surface area (Å²) >= 11 is 0. The highest BCUT2D eigenvalue weighted by Crippen LogP contribution is 2.25. The van der Waals surface area contributed by atoms with Crippen LogP contribution >= 0.6 is 0 Å². The number of sulfonamides is 1. The molecule has 0 bridgehead atoms. The summed E-state index contributed by atoms with van der Waals surface area (Å²) in [7, 11) is -2.05. The maximum atomic E-state index is 12.8. The van der Waals surface area contributed by atoms with Crippen LogP contribution in [0.4, 0.5) is 0 Å². The van der Waals surface area contributed by atoms with Crippen LogP contribution < -0.4 is 10.1 Å². The number of hydrogen-bond donors (Lipinski definition) is 1. The summed E-state index contributed by atoms with van der Waals surface area (Å²) < 4.78 is 32.1. The third kappa shape index (κ3) is 4.27. The van der Waals surface area contributed by atoms with Crippen LogP contribution in [0.15, 0.2) is 29.2 Å². The zero-order valence-corrected chi connectivity index (χ0v) is 15.3. The Morgan fingerprint density at radius 3 is 2.62 bits per heavy atom. The van der Waals surface area contributed by atoms with Crippen molar-refractivity contribution in [1.82, 2.24) is 9.62 Å². The first-order valence-electron chi connectivity index (χ1n) is 8.33. The molecule has 0 unspecified atom stereocenters. The second-order valence-corrected chi connectivity index (χ2v) is 8.13. The van der Waals surface area contributed by atoms with E-state index in [1.165, 1.54) is 23.5 Å². The summed E-state index contributed by atoms with van der Waals surface area (Å²) in [5.74, 6) is 0.262. The Kier molecular flexibility index (Phi) is 6.23. The van der Waals surface area contributed by atoms with Crippen LogP contribution in [0.25, 0.3) is 0 Å². The van der Waals surface area contributed by atoms with Crippen LogP contribution in [-0.4, -0.2) is 44.9 Å². The Hall–Kier alpha value is -1.60. The molecule has 1 fully saturated rings. The molecule has 1 N–H and O–H groups in total. The number of carbonyl (C=O) groups excluding carboxylic acids is 1. The molecule has 1 heterocycles. The molecule has 0 aliphatic carbocycles. The van der Waals surface area contributed by atoms with Gasteiger partial charge in [-0.05, 0) is 50.5 Å². The average molecular weight is 354 g/mol. The number of nitrogens with one attached hydrogen (secondary N) is 1. The molecule has 2 atom stereocenters. The molecular formula is C17H26N2O4S. The SMILES string of the molecule is CC[C@@H](C)NC(=O)[C@@H]1CCCN(S(=O)(=O)c2ccc(OC)cc2)C1. The molecular weight excluding hydrogens is 328 g/mol. The molecule has 24 heavy (non-hydrogen) atoms. The van der Waals surface area contributed by atoms with Crippen LogP contribution in [-0.2, 0) is 14.8 Å². The quantitative estimate of drug-likeness (QED) is 0.848. The van der Waals surface area contributed by atoms with Crippen molar-refractivity contribution in [3.8, 4) is 5.75 Å². The summed E-state index contributed by atoms with van der Waals surface area (Å²) in [6.07, 6.45) is 2.26. The normalized spacial score (nSPS) is 20.4. The molecule has 2 rings (SSSR count). The zero-order valence-electron chi connectivity index (χ0n) is 14.5. The van der Waals surface area contributed by atoms with Gasteiger partial charge in [0.05, 0.1) is 17.9 Å². The van der Waals surface area contributed by atoms with E-state index in [2.05, 4.69) is 5.32 Å². The Labute approximate surface area is 144 Å². The Morgan fingerprint density at radius 2 is 2.04 bits per heavy atom. The number of nitrogens with zero attached hydrogens (tertiary/aromatic N) is 1. The molecule has 0 spiro atoms.